The van der Waals surface area contributed by atoms with Crippen LogP contribution in [-0.2, 0) is 19.2 Å². The number of oxime groups is 1. The van der Waals surface area contributed by atoms with E-state index in [0.717, 1.165) is 22.9 Å². The van der Waals surface area contributed by atoms with Crippen molar-refractivity contribution in [1.82, 2.24) is 24.9 Å². The Morgan fingerprint density at radius 3 is 2.85 bits per heavy atom. The predicted molar refractivity (Wildman–Crippen MR) is 155 cm³/mol. The number of carboxylic acid groups (broad SMARTS) is 1. The van der Waals surface area contributed by atoms with E-state index in [1.54, 1.807) is 7.05 Å². The van der Waals surface area contributed by atoms with E-state index < -0.39 is 29.2 Å². The number of amidine groups is 1. The first-order valence-electron chi connectivity index (χ1n) is 11.1. The summed E-state index contributed by atoms with van der Waals surface area (Å²) in [6.45, 7) is 0. The van der Waals surface area contributed by atoms with Crippen molar-refractivity contribution < 1.29 is 24.3 Å². The van der Waals surface area contributed by atoms with Gasteiger partial charge in [0.05, 0.1) is 9.96 Å². The molecular formula is C21H21N9O5S5. The van der Waals surface area contributed by atoms with E-state index in [0.29, 0.717) is 37.7 Å². The van der Waals surface area contributed by atoms with Crippen molar-refractivity contribution in [2.45, 2.75) is 20.7 Å². The van der Waals surface area contributed by atoms with Crippen LogP contribution in [0.2, 0.25) is 0 Å². The van der Waals surface area contributed by atoms with Crippen molar-refractivity contribution in [2.75, 3.05) is 37.1 Å². The molecular weight excluding hydrogens is 619 g/mol. The molecule has 0 bridgehead atoms. The van der Waals surface area contributed by atoms with Gasteiger partial charge in [-0.3, -0.25) is 19.9 Å². The number of anilines is 1. The number of nitrogens with two attached hydrogens (primary N) is 1. The van der Waals surface area contributed by atoms with Crippen LogP contribution >= 0.6 is 58.2 Å². The van der Waals surface area contributed by atoms with Crippen molar-refractivity contribution in [1.29, 1.82) is 10.7 Å². The van der Waals surface area contributed by atoms with Gasteiger partial charge in [0, 0.05) is 23.9 Å². The number of aromatic nitrogens is 2. The minimum atomic E-state index is -1.26. The van der Waals surface area contributed by atoms with E-state index in [-0.39, 0.29) is 28.0 Å². The summed E-state index contributed by atoms with van der Waals surface area (Å²) < 4.78 is 4.94. The zero-order valence-electron chi connectivity index (χ0n) is 20.8. The van der Waals surface area contributed by atoms with Crippen molar-refractivity contribution in [3.63, 3.8) is 0 Å². The Bertz CT molecular complexity index is 1460. The highest BCUT2D eigenvalue weighted by Gasteiger charge is 2.54. The maximum Gasteiger partial charge on any atom is 0.352 e. The summed E-state index contributed by atoms with van der Waals surface area (Å²) in [6, 6.07) is 1.17. The predicted octanol–water partition coefficient (Wildman–Crippen LogP) is 1.22. The smallest absolute Gasteiger partial charge is 0.352 e. The number of carbonyl (C=O) groups excluding carboxylic acids is 2. The Balaban J connectivity index is 1.47. The number of amides is 2. The second kappa shape index (κ2) is 12.9. The lowest BCUT2D eigenvalue weighted by molar-refractivity contribution is -0.150. The number of thiazole rings is 1. The molecule has 210 valence electrons. The zero-order chi connectivity index (χ0) is 29.0. The van der Waals surface area contributed by atoms with Gasteiger partial charge >= 0.3 is 5.97 Å². The average Bonchev–Trinajstić information content (AvgIpc) is 3.56. The van der Waals surface area contributed by atoms with Crippen molar-refractivity contribution in [2.24, 2.45) is 5.16 Å². The first-order valence-corrected chi connectivity index (χ1v) is 15.8. The maximum atomic E-state index is 13.1. The molecule has 0 saturated carbocycles. The van der Waals surface area contributed by atoms with Gasteiger partial charge in [0.15, 0.2) is 10.8 Å². The van der Waals surface area contributed by atoms with Gasteiger partial charge < -0.3 is 26.3 Å². The summed E-state index contributed by atoms with van der Waals surface area (Å²) in [7, 11) is 2.91. The maximum absolute atomic E-state index is 13.1. The molecule has 19 heteroatoms. The first kappa shape index (κ1) is 29.7. The van der Waals surface area contributed by atoms with Crippen molar-refractivity contribution >= 4 is 92.6 Å². The number of nitrogens with one attached hydrogen (secondary N) is 3. The molecule has 2 aromatic rings. The number of carboxylic acids is 1. The number of aliphatic carboxylic acids is 1. The summed E-state index contributed by atoms with van der Waals surface area (Å²) in [6.07, 6.45) is 0. The fourth-order valence-electron chi connectivity index (χ4n) is 3.61. The number of hydrogen-bond acceptors (Lipinski definition) is 15. The fourth-order valence-corrected chi connectivity index (χ4v) is 8.63. The van der Waals surface area contributed by atoms with Crippen LogP contribution < -0.4 is 16.4 Å². The van der Waals surface area contributed by atoms with Gasteiger partial charge in [-0.15, -0.1) is 34.9 Å². The summed E-state index contributed by atoms with van der Waals surface area (Å²) in [5, 5.41) is 38.0. The number of β-lactam (4-membered cyclic amide) rings is 1. The number of nitriles is 1. The highest BCUT2D eigenvalue weighted by molar-refractivity contribution is 8.02. The van der Waals surface area contributed by atoms with Crippen LogP contribution in [0.25, 0.3) is 0 Å². The fraction of sp³-hybridized carbons (Fsp3) is 0.333. The molecule has 0 aliphatic carbocycles. The topological polar surface area (TPSA) is 220 Å². The third kappa shape index (κ3) is 6.05. The van der Waals surface area contributed by atoms with Crippen molar-refractivity contribution in [3.05, 3.63) is 27.9 Å². The Hall–Kier alpha value is -3.31. The monoisotopic (exact) mass is 639 g/mol. The molecule has 2 aliphatic rings. The van der Waals surface area contributed by atoms with E-state index >= 15 is 0 Å². The van der Waals surface area contributed by atoms with Crippen LogP contribution in [0, 0.1) is 16.7 Å². The minimum Gasteiger partial charge on any atom is -0.477 e. The Labute approximate surface area is 248 Å². The number of carbonyl (C=O) groups is 3. The third-order valence-corrected chi connectivity index (χ3v) is 10.8. The van der Waals surface area contributed by atoms with Crippen LogP contribution in [-0.4, -0.2) is 91.5 Å². The van der Waals surface area contributed by atoms with Gasteiger partial charge in [-0.05, 0) is 17.1 Å². The van der Waals surface area contributed by atoms with Gasteiger partial charge in [0.25, 0.3) is 11.8 Å². The standard InChI is InChI=1S/C21H21N9O5S5/c1-25-11(23)7-36-16-9(3-22)20(40-29-16)38-5-8-4-37-18-13(17(32)30(18)14(8)19(33)34)27-15(31)12(28-35-2)10-6-39-21(24)26-10/h6,13,18H,4-5,7H2,1-2H3,(H2,23,25)(H2,24,26)(H,27,31)(H,33,34)/b28-12-/t13-,18+/m1/s1. The summed E-state index contributed by atoms with van der Waals surface area (Å²) in [5.41, 5.74) is 6.43. The number of rotatable bonds is 11. The van der Waals surface area contributed by atoms with Crippen molar-refractivity contribution in [3.8, 4) is 6.07 Å². The summed E-state index contributed by atoms with van der Waals surface area (Å²) in [4.78, 5) is 48.1. The highest BCUT2D eigenvalue weighted by atomic mass is 32.2. The molecule has 40 heavy (non-hydrogen) atoms. The normalized spacial score (nSPS) is 18.5. The number of nitrogen functional groups attached to an aromatic ring is 1. The molecule has 6 N–H and O–H groups in total. The molecule has 0 unspecified atom stereocenters. The zero-order valence-corrected chi connectivity index (χ0v) is 24.9. The molecule has 0 radical (unpaired) electrons. The van der Waals surface area contributed by atoms with E-state index in [1.807, 2.05) is 0 Å². The molecule has 2 aliphatic heterocycles. The van der Waals surface area contributed by atoms with Crippen LogP contribution in [0.5, 0.6) is 0 Å². The van der Waals surface area contributed by atoms with Gasteiger partial charge in [-0.25, -0.2) is 9.78 Å². The summed E-state index contributed by atoms with van der Waals surface area (Å²) >= 11 is 6.10. The van der Waals surface area contributed by atoms with E-state index in [2.05, 4.69) is 31.2 Å². The van der Waals surface area contributed by atoms with Gasteiger partial charge in [0.2, 0.25) is 0 Å². The number of hydrogen-bond donors (Lipinski definition) is 5. The van der Waals surface area contributed by atoms with Gasteiger partial charge in [-0.2, -0.15) is 9.64 Å². The molecule has 1 saturated heterocycles. The van der Waals surface area contributed by atoms with Gasteiger partial charge in [-0.1, -0.05) is 16.9 Å². The number of thioether (sulfide) groups is 3. The first-order chi connectivity index (χ1) is 19.2. The molecule has 0 spiro atoms. The highest BCUT2D eigenvalue weighted by Crippen LogP contribution is 2.43. The molecule has 4 rings (SSSR count). The van der Waals surface area contributed by atoms with Gasteiger partial charge in [0.1, 0.15) is 52.4 Å². The molecule has 1 fully saturated rings. The number of fused-ring (bicyclic) bond motifs is 1. The van der Waals surface area contributed by atoms with Crippen LogP contribution in [0.15, 0.2) is 31.0 Å². The SMILES string of the molecule is CNC(=N)CSc1nsc(SCC2=C(C(=O)O)N3C(=O)[C@@H](NC(=O)/C(=N\OC)c4csc(N)n4)[C@@H]3SC2)c1C#N. The number of nitrogens with zero attached hydrogens (tertiary/aromatic N) is 5. The lowest BCUT2D eigenvalue weighted by Gasteiger charge is -2.49. The minimum absolute atomic E-state index is 0.134. The average molecular weight is 640 g/mol. The van der Waals surface area contributed by atoms with E-state index in [9.17, 15) is 24.8 Å². The second-order valence-corrected chi connectivity index (χ2v) is 12.9. The van der Waals surface area contributed by atoms with Crippen LogP contribution in [0.4, 0.5) is 5.13 Å². The Kier molecular flexibility index (Phi) is 9.57. The summed E-state index contributed by atoms with van der Waals surface area (Å²) in [5.74, 6) is -1.38. The van der Waals surface area contributed by atoms with Crippen LogP contribution in [0.1, 0.15) is 11.3 Å². The molecule has 2 amide bonds. The molecule has 14 nitrogen and oxygen atoms in total. The molecule has 2 atom stereocenters. The van der Waals surface area contributed by atoms with Crippen LogP contribution in [0.3, 0.4) is 0 Å². The van der Waals surface area contributed by atoms with E-state index in [4.69, 9.17) is 16.0 Å². The quantitative estimate of drug-likeness (QED) is 0.0769. The molecule has 2 aromatic heterocycles. The lowest BCUT2D eigenvalue weighted by atomic mass is 10.0. The molecule has 4 heterocycles. The second-order valence-electron chi connectivity index (χ2n) is 7.88. The Morgan fingerprint density at radius 2 is 2.23 bits per heavy atom. The molecule has 0 aromatic carbocycles. The van der Waals surface area contributed by atoms with E-state index in [1.165, 1.54) is 52.7 Å². The largest absolute Gasteiger partial charge is 0.477 e. The Morgan fingerprint density at radius 1 is 1.45 bits per heavy atom. The third-order valence-electron chi connectivity index (χ3n) is 5.47. The lowest BCUT2D eigenvalue weighted by Crippen LogP contribution is -2.71.